The lowest BCUT2D eigenvalue weighted by Crippen LogP contribution is -2.22. The van der Waals surface area contributed by atoms with Crippen LogP contribution in [-0.2, 0) is 14.6 Å². The molecule has 0 bridgehead atoms. The maximum Gasteiger partial charge on any atom is 0.239 e. The zero-order valence-electron chi connectivity index (χ0n) is 8.53. The number of carbonyl (C=O) groups excluding carboxylic acids is 1. The van der Waals surface area contributed by atoms with Gasteiger partial charge in [-0.05, 0) is 18.2 Å². The zero-order chi connectivity index (χ0) is 12.3. The van der Waals surface area contributed by atoms with Gasteiger partial charge in [0.2, 0.25) is 5.91 Å². The monoisotopic (exact) mass is 246 g/mol. The maximum absolute atomic E-state index is 12.9. The topological polar surface area (TPSA) is 89.3 Å². The molecule has 1 amide bonds. The third-order valence-corrected chi connectivity index (χ3v) is 2.38. The molecule has 0 fully saturated rings. The van der Waals surface area contributed by atoms with E-state index in [1.165, 1.54) is 6.07 Å². The highest BCUT2D eigenvalue weighted by molar-refractivity contribution is 7.91. The van der Waals surface area contributed by atoms with Crippen molar-refractivity contribution in [1.29, 1.82) is 0 Å². The SMILES string of the molecule is CS(=O)(=O)CC(=O)Nc1cc(N)cc(F)c1. The van der Waals surface area contributed by atoms with Gasteiger partial charge in [0.15, 0.2) is 9.84 Å². The number of nitrogens with one attached hydrogen (secondary N) is 1. The molecule has 0 aliphatic carbocycles. The molecule has 7 heteroatoms. The Hall–Kier alpha value is -1.63. The number of anilines is 2. The average Bonchev–Trinajstić information content (AvgIpc) is 1.96. The first kappa shape index (κ1) is 12.4. The van der Waals surface area contributed by atoms with E-state index in [0.29, 0.717) is 0 Å². The van der Waals surface area contributed by atoms with Gasteiger partial charge in [0.25, 0.3) is 0 Å². The molecule has 0 spiro atoms. The van der Waals surface area contributed by atoms with Gasteiger partial charge in [-0.25, -0.2) is 12.8 Å². The first-order valence-electron chi connectivity index (χ1n) is 4.30. The van der Waals surface area contributed by atoms with Crippen LogP contribution >= 0.6 is 0 Å². The average molecular weight is 246 g/mol. The minimum Gasteiger partial charge on any atom is -0.399 e. The van der Waals surface area contributed by atoms with E-state index in [1.54, 1.807) is 0 Å². The van der Waals surface area contributed by atoms with Crippen molar-refractivity contribution in [3.8, 4) is 0 Å². The summed E-state index contributed by atoms with van der Waals surface area (Å²) in [6, 6.07) is 3.48. The predicted molar refractivity (Wildman–Crippen MR) is 59.2 cm³/mol. The molecule has 0 atom stereocenters. The van der Waals surface area contributed by atoms with Crippen LogP contribution in [0.3, 0.4) is 0 Å². The molecule has 3 N–H and O–H groups in total. The third-order valence-electron chi connectivity index (χ3n) is 1.60. The number of amides is 1. The quantitative estimate of drug-likeness (QED) is 0.755. The van der Waals surface area contributed by atoms with E-state index in [-0.39, 0.29) is 11.4 Å². The first-order valence-corrected chi connectivity index (χ1v) is 6.36. The van der Waals surface area contributed by atoms with Crippen molar-refractivity contribution in [2.75, 3.05) is 23.1 Å². The smallest absolute Gasteiger partial charge is 0.239 e. The van der Waals surface area contributed by atoms with Gasteiger partial charge in [-0.3, -0.25) is 4.79 Å². The van der Waals surface area contributed by atoms with E-state index in [1.807, 2.05) is 0 Å². The fraction of sp³-hybridized carbons (Fsp3) is 0.222. The summed E-state index contributed by atoms with van der Waals surface area (Å²) < 4.78 is 34.5. The summed E-state index contributed by atoms with van der Waals surface area (Å²) in [4.78, 5) is 11.2. The Labute approximate surface area is 92.4 Å². The summed E-state index contributed by atoms with van der Waals surface area (Å²) in [6.45, 7) is 0. The molecule has 16 heavy (non-hydrogen) atoms. The molecule has 1 aromatic rings. The number of nitrogens with two attached hydrogens (primary N) is 1. The van der Waals surface area contributed by atoms with Gasteiger partial charge in [-0.1, -0.05) is 0 Å². The Morgan fingerprint density at radius 1 is 1.44 bits per heavy atom. The molecule has 0 unspecified atom stereocenters. The molecule has 1 aromatic carbocycles. The second-order valence-corrected chi connectivity index (χ2v) is 5.53. The Kier molecular flexibility index (Phi) is 3.48. The lowest BCUT2D eigenvalue weighted by Gasteiger charge is -2.05. The van der Waals surface area contributed by atoms with Crippen LogP contribution in [0.4, 0.5) is 15.8 Å². The maximum atomic E-state index is 12.9. The summed E-state index contributed by atoms with van der Waals surface area (Å²) >= 11 is 0. The molecule has 0 saturated heterocycles. The number of halogens is 1. The molecule has 0 aliphatic rings. The highest BCUT2D eigenvalue weighted by Gasteiger charge is 2.11. The predicted octanol–water partition coefficient (Wildman–Crippen LogP) is 0.391. The first-order chi connectivity index (χ1) is 7.26. The zero-order valence-corrected chi connectivity index (χ0v) is 9.34. The molecule has 0 aromatic heterocycles. The van der Waals surface area contributed by atoms with Crippen LogP contribution in [-0.4, -0.2) is 26.3 Å². The normalized spacial score (nSPS) is 11.1. The molecule has 5 nitrogen and oxygen atoms in total. The summed E-state index contributed by atoms with van der Waals surface area (Å²) in [5, 5.41) is 2.24. The van der Waals surface area contributed by atoms with E-state index >= 15 is 0 Å². The molecular formula is C9H11FN2O3S. The second-order valence-electron chi connectivity index (χ2n) is 3.39. The number of hydrogen-bond acceptors (Lipinski definition) is 4. The summed E-state index contributed by atoms with van der Waals surface area (Å²) in [7, 11) is -3.40. The fourth-order valence-electron chi connectivity index (χ4n) is 1.12. The van der Waals surface area contributed by atoms with Crippen molar-refractivity contribution in [2.24, 2.45) is 0 Å². The molecule has 0 radical (unpaired) electrons. The number of nitrogen functional groups attached to an aromatic ring is 1. The van der Waals surface area contributed by atoms with E-state index in [2.05, 4.69) is 5.32 Å². The van der Waals surface area contributed by atoms with Crippen LogP contribution in [0.2, 0.25) is 0 Å². The highest BCUT2D eigenvalue weighted by Crippen LogP contribution is 2.15. The molecule has 88 valence electrons. The lowest BCUT2D eigenvalue weighted by molar-refractivity contribution is -0.113. The Bertz CT molecular complexity index is 493. The number of rotatable bonds is 3. The molecular weight excluding hydrogens is 235 g/mol. The van der Waals surface area contributed by atoms with Crippen LogP contribution < -0.4 is 11.1 Å². The largest absolute Gasteiger partial charge is 0.399 e. The number of sulfone groups is 1. The second kappa shape index (κ2) is 4.48. The van der Waals surface area contributed by atoms with Gasteiger partial charge in [0.05, 0.1) is 0 Å². The van der Waals surface area contributed by atoms with Gasteiger partial charge in [-0.15, -0.1) is 0 Å². The molecule has 1 rings (SSSR count). The van der Waals surface area contributed by atoms with Crippen molar-refractivity contribution in [3.63, 3.8) is 0 Å². The molecule has 0 heterocycles. The number of hydrogen-bond donors (Lipinski definition) is 2. The molecule has 0 aliphatic heterocycles. The van der Waals surface area contributed by atoms with Crippen molar-refractivity contribution < 1.29 is 17.6 Å². The standard InChI is InChI=1S/C9H11FN2O3S/c1-16(14,15)5-9(13)12-8-3-6(10)2-7(11)4-8/h2-4H,5,11H2,1H3,(H,12,13). The van der Waals surface area contributed by atoms with Crippen LogP contribution in [0, 0.1) is 5.82 Å². The van der Waals surface area contributed by atoms with Crippen molar-refractivity contribution in [2.45, 2.75) is 0 Å². The van der Waals surface area contributed by atoms with E-state index in [9.17, 15) is 17.6 Å². The van der Waals surface area contributed by atoms with Crippen molar-refractivity contribution in [3.05, 3.63) is 24.0 Å². The fourth-order valence-corrected chi connectivity index (χ4v) is 1.67. The van der Waals surface area contributed by atoms with Gasteiger partial charge in [0, 0.05) is 17.6 Å². The van der Waals surface area contributed by atoms with Crippen molar-refractivity contribution >= 4 is 27.1 Å². The van der Waals surface area contributed by atoms with Crippen LogP contribution in [0.15, 0.2) is 18.2 Å². The van der Waals surface area contributed by atoms with Gasteiger partial charge < -0.3 is 11.1 Å². The van der Waals surface area contributed by atoms with Crippen LogP contribution in [0.5, 0.6) is 0 Å². The van der Waals surface area contributed by atoms with Gasteiger partial charge >= 0.3 is 0 Å². The van der Waals surface area contributed by atoms with E-state index in [0.717, 1.165) is 18.4 Å². The summed E-state index contributed by atoms with van der Waals surface area (Å²) in [6.07, 6.45) is 0.937. The Morgan fingerprint density at radius 3 is 2.56 bits per heavy atom. The Morgan fingerprint density at radius 2 is 2.06 bits per heavy atom. The minimum atomic E-state index is -3.40. The molecule has 0 saturated carbocycles. The van der Waals surface area contributed by atoms with Crippen LogP contribution in [0.25, 0.3) is 0 Å². The third kappa shape index (κ3) is 4.26. The van der Waals surface area contributed by atoms with Crippen molar-refractivity contribution in [1.82, 2.24) is 0 Å². The van der Waals surface area contributed by atoms with Gasteiger partial charge in [0.1, 0.15) is 11.6 Å². The number of carbonyl (C=O) groups is 1. The summed E-state index contributed by atoms with van der Waals surface area (Å²) in [5.41, 5.74) is 5.63. The highest BCUT2D eigenvalue weighted by atomic mass is 32.2. The lowest BCUT2D eigenvalue weighted by atomic mass is 10.2. The summed E-state index contributed by atoms with van der Waals surface area (Å²) in [5.74, 6) is -1.98. The Balaban J connectivity index is 2.77. The van der Waals surface area contributed by atoms with Crippen LogP contribution in [0.1, 0.15) is 0 Å². The number of benzene rings is 1. The van der Waals surface area contributed by atoms with E-state index < -0.39 is 27.3 Å². The van der Waals surface area contributed by atoms with E-state index in [4.69, 9.17) is 5.73 Å². The minimum absolute atomic E-state index is 0.131. The van der Waals surface area contributed by atoms with Gasteiger partial charge in [-0.2, -0.15) is 0 Å².